The van der Waals surface area contributed by atoms with Crippen LogP contribution in [0.1, 0.15) is 17.7 Å². The summed E-state index contributed by atoms with van der Waals surface area (Å²) < 4.78 is 16.2. The number of aryl methyl sites for hydroxylation is 1. The van der Waals surface area contributed by atoms with E-state index in [1.807, 2.05) is 6.92 Å². The van der Waals surface area contributed by atoms with Gasteiger partial charge < -0.3 is 0 Å². The van der Waals surface area contributed by atoms with Crippen molar-refractivity contribution in [2.24, 2.45) is 0 Å². The molecule has 26 heavy (non-hydrogen) atoms. The molecule has 0 bridgehead atoms. The van der Waals surface area contributed by atoms with E-state index in [0.29, 0.717) is 28.7 Å². The minimum atomic E-state index is -0.404. The summed E-state index contributed by atoms with van der Waals surface area (Å²) in [5, 5.41) is 11.7. The molecule has 0 fully saturated rings. The second-order valence-electron chi connectivity index (χ2n) is 5.60. The number of carbonyl (C=O) groups is 1. The fourth-order valence-electron chi connectivity index (χ4n) is 2.30. The van der Waals surface area contributed by atoms with Crippen molar-refractivity contribution in [3.05, 3.63) is 57.8 Å². The fourth-order valence-corrected chi connectivity index (χ4v) is 2.66. The summed E-state index contributed by atoms with van der Waals surface area (Å²) in [4.78, 5) is 16.1. The van der Waals surface area contributed by atoms with Crippen molar-refractivity contribution in [2.75, 3.05) is 5.32 Å². The molecular weight excluding hydrogens is 382 g/mol. The summed E-state index contributed by atoms with van der Waals surface area (Å²) in [5.74, 6) is -0.462. The first-order valence-corrected chi connectivity index (χ1v) is 8.49. The Balaban J connectivity index is 1.56. The Bertz CT molecular complexity index is 939. The summed E-state index contributed by atoms with van der Waals surface area (Å²) in [6.45, 7) is 2.54. The molecule has 0 aliphatic rings. The number of aromatic nitrogens is 5. The normalized spacial score (nSPS) is 10.9. The van der Waals surface area contributed by atoms with Crippen molar-refractivity contribution in [3.63, 3.8) is 0 Å². The molecule has 0 unspecified atom stereocenters. The van der Waals surface area contributed by atoms with Crippen LogP contribution >= 0.6 is 23.2 Å². The zero-order chi connectivity index (χ0) is 18.7. The third kappa shape index (κ3) is 4.39. The van der Waals surface area contributed by atoms with Crippen molar-refractivity contribution in [3.8, 4) is 0 Å². The number of rotatable bonds is 6. The summed E-state index contributed by atoms with van der Waals surface area (Å²) in [5.41, 5.74) is 1.50. The van der Waals surface area contributed by atoms with Gasteiger partial charge in [0, 0.05) is 11.4 Å². The van der Waals surface area contributed by atoms with Crippen LogP contribution < -0.4 is 5.32 Å². The Kier molecular flexibility index (Phi) is 5.53. The van der Waals surface area contributed by atoms with E-state index >= 15 is 0 Å². The van der Waals surface area contributed by atoms with Crippen molar-refractivity contribution < 1.29 is 9.18 Å². The van der Waals surface area contributed by atoms with Crippen LogP contribution in [0.2, 0.25) is 10.0 Å². The van der Waals surface area contributed by atoms with Gasteiger partial charge in [-0.2, -0.15) is 5.10 Å². The number of anilines is 1. The van der Waals surface area contributed by atoms with Gasteiger partial charge in [0.25, 0.3) is 0 Å². The maximum Gasteiger partial charge on any atom is 0.248 e. The zero-order valence-corrected chi connectivity index (χ0v) is 15.3. The number of nitrogens with zero attached hydrogens (tertiary/aromatic N) is 5. The Morgan fingerprint density at radius 3 is 2.81 bits per heavy atom. The van der Waals surface area contributed by atoms with Gasteiger partial charge in [0.2, 0.25) is 11.9 Å². The minimum absolute atomic E-state index is 0.184. The molecule has 0 radical (unpaired) electrons. The third-order valence-corrected chi connectivity index (χ3v) is 4.45. The minimum Gasteiger partial charge on any atom is -0.293 e. The van der Waals surface area contributed by atoms with E-state index < -0.39 is 5.82 Å². The molecule has 1 amide bonds. The van der Waals surface area contributed by atoms with Crippen LogP contribution in [0, 0.1) is 12.7 Å². The van der Waals surface area contributed by atoms with Crippen molar-refractivity contribution >= 4 is 35.1 Å². The van der Waals surface area contributed by atoms with Crippen LogP contribution in [0.3, 0.4) is 0 Å². The average molecular weight is 397 g/mol. The molecule has 2 heterocycles. The predicted octanol–water partition coefficient (Wildman–Crippen LogP) is 3.31. The number of benzene rings is 1. The maximum atomic E-state index is 13.1. The number of carbonyl (C=O) groups excluding carboxylic acids is 1. The smallest absolute Gasteiger partial charge is 0.248 e. The van der Waals surface area contributed by atoms with E-state index in [4.69, 9.17) is 23.2 Å². The van der Waals surface area contributed by atoms with Gasteiger partial charge in [-0.25, -0.2) is 14.1 Å². The molecule has 3 aromatic rings. The molecule has 1 N–H and O–H groups in total. The first-order valence-electron chi connectivity index (χ1n) is 7.73. The van der Waals surface area contributed by atoms with Crippen LogP contribution in [0.4, 0.5) is 10.3 Å². The van der Waals surface area contributed by atoms with E-state index in [2.05, 4.69) is 20.5 Å². The Hall–Kier alpha value is -2.45. The van der Waals surface area contributed by atoms with Gasteiger partial charge in [-0.05, 0) is 24.6 Å². The molecule has 0 saturated carbocycles. The first-order chi connectivity index (χ1) is 12.4. The van der Waals surface area contributed by atoms with E-state index in [9.17, 15) is 9.18 Å². The lowest BCUT2D eigenvalue weighted by Crippen LogP contribution is -2.16. The van der Waals surface area contributed by atoms with E-state index in [0.717, 1.165) is 5.69 Å². The SMILES string of the molecule is Cc1c(Cl)cnn1CCC(=O)Nc1ncn(Cc2ccc(F)cc2Cl)n1. The third-order valence-electron chi connectivity index (χ3n) is 3.73. The fraction of sp³-hybridized carbons (Fsp3) is 0.250. The number of halogens is 3. The standard InChI is InChI=1S/C16H15Cl2FN6O/c1-10-14(18)7-21-25(10)5-4-15(26)22-16-20-9-24(23-16)8-11-2-3-12(19)6-13(11)17/h2-3,6-7,9H,4-5,8H2,1H3,(H,22,23,26). The van der Waals surface area contributed by atoms with Crippen LogP contribution in [-0.2, 0) is 17.9 Å². The largest absolute Gasteiger partial charge is 0.293 e. The number of amides is 1. The van der Waals surface area contributed by atoms with Crippen LogP contribution in [0.25, 0.3) is 0 Å². The molecule has 0 spiro atoms. The number of nitrogens with one attached hydrogen (secondary N) is 1. The van der Waals surface area contributed by atoms with Gasteiger partial charge in [0.05, 0.1) is 30.0 Å². The highest BCUT2D eigenvalue weighted by Gasteiger charge is 2.10. The molecular formula is C16H15Cl2FN6O. The van der Waals surface area contributed by atoms with Gasteiger partial charge in [-0.1, -0.05) is 29.3 Å². The highest BCUT2D eigenvalue weighted by atomic mass is 35.5. The average Bonchev–Trinajstić information content (AvgIpc) is 3.16. The Morgan fingerprint density at radius 1 is 1.31 bits per heavy atom. The quantitative estimate of drug-likeness (QED) is 0.693. The molecule has 10 heteroatoms. The molecule has 2 aromatic heterocycles. The summed E-state index contributed by atoms with van der Waals surface area (Å²) >= 11 is 11.9. The van der Waals surface area contributed by atoms with Crippen LogP contribution in [0.15, 0.2) is 30.7 Å². The van der Waals surface area contributed by atoms with Gasteiger partial charge in [-0.15, -0.1) is 5.10 Å². The van der Waals surface area contributed by atoms with Crippen molar-refractivity contribution in [1.82, 2.24) is 24.5 Å². The lowest BCUT2D eigenvalue weighted by molar-refractivity contribution is -0.116. The summed E-state index contributed by atoms with van der Waals surface area (Å²) in [6.07, 6.45) is 3.21. The predicted molar refractivity (Wildman–Crippen MR) is 95.8 cm³/mol. The van der Waals surface area contributed by atoms with E-state index in [1.54, 1.807) is 16.9 Å². The molecule has 3 rings (SSSR count). The summed E-state index contributed by atoms with van der Waals surface area (Å²) in [6, 6.07) is 4.14. The van der Waals surface area contributed by atoms with Gasteiger partial charge >= 0.3 is 0 Å². The molecule has 1 aromatic carbocycles. The topological polar surface area (TPSA) is 77.6 Å². The van der Waals surface area contributed by atoms with Gasteiger partial charge in [-0.3, -0.25) is 14.8 Å². The van der Waals surface area contributed by atoms with Crippen LogP contribution in [-0.4, -0.2) is 30.5 Å². The number of hydrogen-bond acceptors (Lipinski definition) is 4. The Labute approximate surface area is 158 Å². The van der Waals surface area contributed by atoms with Crippen LogP contribution in [0.5, 0.6) is 0 Å². The zero-order valence-electron chi connectivity index (χ0n) is 13.8. The highest BCUT2D eigenvalue weighted by Crippen LogP contribution is 2.18. The van der Waals surface area contributed by atoms with E-state index in [1.165, 1.54) is 23.1 Å². The summed E-state index contributed by atoms with van der Waals surface area (Å²) in [7, 11) is 0. The monoisotopic (exact) mass is 396 g/mol. The first kappa shape index (κ1) is 18.3. The second kappa shape index (κ2) is 7.84. The molecule has 0 aliphatic carbocycles. The number of hydrogen-bond donors (Lipinski definition) is 1. The molecule has 0 saturated heterocycles. The molecule has 7 nitrogen and oxygen atoms in total. The Morgan fingerprint density at radius 2 is 2.12 bits per heavy atom. The van der Waals surface area contributed by atoms with Gasteiger partial charge in [0.1, 0.15) is 12.1 Å². The van der Waals surface area contributed by atoms with Crippen molar-refractivity contribution in [1.29, 1.82) is 0 Å². The molecule has 136 valence electrons. The van der Waals surface area contributed by atoms with Crippen molar-refractivity contribution in [2.45, 2.75) is 26.4 Å². The highest BCUT2D eigenvalue weighted by molar-refractivity contribution is 6.31. The molecule has 0 aliphatic heterocycles. The lowest BCUT2D eigenvalue weighted by Gasteiger charge is -2.05. The van der Waals surface area contributed by atoms with E-state index in [-0.39, 0.29) is 18.3 Å². The lowest BCUT2D eigenvalue weighted by atomic mass is 10.2. The van der Waals surface area contributed by atoms with Gasteiger partial charge in [0.15, 0.2) is 0 Å². The maximum absolute atomic E-state index is 13.1. The second-order valence-corrected chi connectivity index (χ2v) is 6.42. The molecule has 0 atom stereocenters.